The molecule has 212 valence electrons. The largest absolute Gasteiger partial charge is 0.454 e. The van der Waals surface area contributed by atoms with Crippen molar-refractivity contribution in [2.45, 2.75) is 77.9 Å². The fourth-order valence-electron chi connectivity index (χ4n) is 5.23. The highest BCUT2D eigenvalue weighted by Crippen LogP contribution is 2.36. The monoisotopic (exact) mass is 557 g/mol. The molecular formula is C29H39N3O6S. The molecule has 2 aliphatic rings. The van der Waals surface area contributed by atoms with Crippen LogP contribution in [-0.2, 0) is 26.2 Å². The summed E-state index contributed by atoms with van der Waals surface area (Å²) in [4.78, 5) is 29.0. The lowest BCUT2D eigenvalue weighted by molar-refractivity contribution is -0.140. The lowest BCUT2D eigenvalue weighted by atomic mass is 9.95. The smallest absolute Gasteiger partial charge is 0.244 e. The van der Waals surface area contributed by atoms with Crippen LogP contribution in [0.4, 0.5) is 5.69 Å². The van der Waals surface area contributed by atoms with Crippen LogP contribution in [0.25, 0.3) is 0 Å². The molecule has 0 bridgehead atoms. The number of rotatable bonds is 11. The van der Waals surface area contributed by atoms with E-state index in [-0.39, 0.29) is 31.0 Å². The number of nitrogens with zero attached hydrogens (tertiary/aromatic N) is 2. The van der Waals surface area contributed by atoms with E-state index in [1.54, 1.807) is 18.2 Å². The van der Waals surface area contributed by atoms with E-state index >= 15 is 0 Å². The van der Waals surface area contributed by atoms with Gasteiger partial charge in [-0.25, -0.2) is 8.42 Å². The minimum absolute atomic E-state index is 0.0524. The number of hydrogen-bond acceptors (Lipinski definition) is 6. The number of carbonyl (C=O) groups is 2. The number of nitrogens with one attached hydrogen (secondary N) is 1. The third-order valence-corrected chi connectivity index (χ3v) is 9.14. The maximum Gasteiger partial charge on any atom is 0.244 e. The van der Waals surface area contributed by atoms with Gasteiger partial charge in [0.1, 0.15) is 12.6 Å². The van der Waals surface area contributed by atoms with Crippen LogP contribution in [0.2, 0.25) is 0 Å². The van der Waals surface area contributed by atoms with Crippen molar-refractivity contribution in [2.24, 2.45) is 0 Å². The summed E-state index contributed by atoms with van der Waals surface area (Å²) in [5.74, 6) is 0.109. The third-order valence-electron chi connectivity index (χ3n) is 7.40. The number of hydrogen-bond donors (Lipinski definition) is 1. The summed E-state index contributed by atoms with van der Waals surface area (Å²) in [6, 6.07) is 11.9. The molecule has 0 radical (unpaired) electrons. The van der Waals surface area contributed by atoms with Crippen LogP contribution in [0, 0.1) is 6.92 Å². The van der Waals surface area contributed by atoms with Gasteiger partial charge in [-0.05, 0) is 50.8 Å². The molecule has 1 saturated carbocycles. The highest BCUT2D eigenvalue weighted by atomic mass is 32.2. The SMILES string of the molecule is CC[C@H](C(=O)NC1CCCCC1)N(Cc1cccc(C)c1)C(=O)CN(c1ccc2c(c1)OCO2)S(=O)(=O)CC. The Morgan fingerprint density at radius 2 is 1.77 bits per heavy atom. The predicted molar refractivity (Wildman–Crippen MR) is 150 cm³/mol. The molecule has 39 heavy (non-hydrogen) atoms. The van der Waals surface area contributed by atoms with Crippen LogP contribution in [0.3, 0.4) is 0 Å². The minimum atomic E-state index is -3.83. The van der Waals surface area contributed by atoms with Crippen molar-refractivity contribution >= 4 is 27.5 Å². The van der Waals surface area contributed by atoms with E-state index in [4.69, 9.17) is 9.47 Å². The van der Waals surface area contributed by atoms with E-state index in [9.17, 15) is 18.0 Å². The van der Waals surface area contributed by atoms with Crippen molar-refractivity contribution < 1.29 is 27.5 Å². The van der Waals surface area contributed by atoms with E-state index in [1.165, 1.54) is 18.2 Å². The molecule has 0 unspecified atom stereocenters. The highest BCUT2D eigenvalue weighted by molar-refractivity contribution is 7.92. The van der Waals surface area contributed by atoms with Gasteiger partial charge >= 0.3 is 0 Å². The van der Waals surface area contributed by atoms with E-state index < -0.39 is 28.5 Å². The number of benzene rings is 2. The summed E-state index contributed by atoms with van der Waals surface area (Å²) in [6.07, 6.45) is 5.59. The minimum Gasteiger partial charge on any atom is -0.454 e. The van der Waals surface area contributed by atoms with Gasteiger partial charge in [-0.1, -0.05) is 56.0 Å². The fraction of sp³-hybridized carbons (Fsp3) is 0.517. The van der Waals surface area contributed by atoms with Gasteiger partial charge in [-0.15, -0.1) is 0 Å². The molecule has 2 aromatic carbocycles. The van der Waals surface area contributed by atoms with Crippen molar-refractivity contribution in [2.75, 3.05) is 23.4 Å². The molecular weight excluding hydrogens is 518 g/mol. The standard InChI is InChI=1S/C29H39N3O6S/c1-4-25(29(34)30-23-12-7-6-8-13-23)31(18-22-11-9-10-21(3)16-22)28(33)19-32(39(35,36)5-2)24-14-15-26-27(17-24)38-20-37-26/h9-11,14-17,23,25H,4-8,12-13,18-20H2,1-3H3,(H,30,34)/t25-/m1/s1. The van der Waals surface area contributed by atoms with Crippen LogP contribution < -0.4 is 19.1 Å². The van der Waals surface area contributed by atoms with Crippen molar-refractivity contribution in [1.82, 2.24) is 10.2 Å². The topological polar surface area (TPSA) is 105 Å². The van der Waals surface area contributed by atoms with E-state index in [2.05, 4.69) is 5.32 Å². The average molecular weight is 558 g/mol. The Morgan fingerprint density at radius 3 is 2.46 bits per heavy atom. The van der Waals surface area contributed by atoms with Crippen molar-refractivity contribution in [3.63, 3.8) is 0 Å². The molecule has 1 N–H and O–H groups in total. The van der Waals surface area contributed by atoms with Crippen molar-refractivity contribution in [3.05, 3.63) is 53.6 Å². The normalized spacial score (nSPS) is 16.0. The van der Waals surface area contributed by atoms with Gasteiger partial charge in [0.25, 0.3) is 0 Å². The van der Waals surface area contributed by atoms with Crippen LogP contribution in [0.5, 0.6) is 11.5 Å². The summed E-state index contributed by atoms with van der Waals surface area (Å²) >= 11 is 0. The number of fused-ring (bicyclic) bond motifs is 1. The number of amides is 2. The summed E-state index contributed by atoms with van der Waals surface area (Å²) < 4.78 is 38.3. The summed E-state index contributed by atoms with van der Waals surface area (Å²) in [7, 11) is -3.83. The van der Waals surface area contributed by atoms with Crippen LogP contribution in [-0.4, -0.2) is 56.3 Å². The summed E-state index contributed by atoms with van der Waals surface area (Å²) in [5.41, 5.74) is 2.22. The number of aryl methyl sites for hydroxylation is 1. The Bertz CT molecular complexity index is 1280. The first kappa shape index (κ1) is 28.7. The zero-order valence-electron chi connectivity index (χ0n) is 23.0. The van der Waals surface area contributed by atoms with Gasteiger partial charge in [0, 0.05) is 18.7 Å². The molecule has 9 nitrogen and oxygen atoms in total. The first-order chi connectivity index (χ1) is 18.7. The molecule has 1 atom stereocenters. The number of carbonyl (C=O) groups excluding carboxylic acids is 2. The van der Waals surface area contributed by atoms with Gasteiger partial charge in [-0.2, -0.15) is 0 Å². The van der Waals surface area contributed by atoms with Gasteiger partial charge in [0.15, 0.2) is 11.5 Å². The van der Waals surface area contributed by atoms with Gasteiger partial charge < -0.3 is 19.7 Å². The van der Waals surface area contributed by atoms with Crippen molar-refractivity contribution in [1.29, 1.82) is 0 Å². The zero-order valence-corrected chi connectivity index (χ0v) is 23.8. The number of anilines is 1. The zero-order chi connectivity index (χ0) is 28.0. The highest BCUT2D eigenvalue weighted by Gasteiger charge is 2.34. The fourth-order valence-corrected chi connectivity index (χ4v) is 6.28. The van der Waals surface area contributed by atoms with Crippen LogP contribution in [0.1, 0.15) is 63.5 Å². The van der Waals surface area contributed by atoms with E-state index in [0.29, 0.717) is 23.6 Å². The second-order valence-corrected chi connectivity index (χ2v) is 12.4. The second-order valence-electron chi connectivity index (χ2n) is 10.2. The first-order valence-corrected chi connectivity index (χ1v) is 15.4. The second kappa shape index (κ2) is 12.7. The molecule has 2 aromatic rings. The maximum absolute atomic E-state index is 14.0. The van der Waals surface area contributed by atoms with E-state index in [0.717, 1.165) is 41.1 Å². The van der Waals surface area contributed by atoms with Crippen LogP contribution in [0.15, 0.2) is 42.5 Å². The molecule has 2 amide bonds. The Hall–Kier alpha value is -3.27. The number of sulfonamides is 1. The lowest BCUT2D eigenvalue weighted by Crippen LogP contribution is -2.54. The van der Waals surface area contributed by atoms with Gasteiger partial charge in [0.05, 0.1) is 11.4 Å². The molecule has 1 aliphatic carbocycles. The molecule has 0 saturated heterocycles. The molecule has 10 heteroatoms. The van der Waals surface area contributed by atoms with Crippen molar-refractivity contribution in [3.8, 4) is 11.5 Å². The third kappa shape index (κ3) is 7.03. The molecule has 4 rings (SSSR count). The average Bonchev–Trinajstić information content (AvgIpc) is 3.40. The summed E-state index contributed by atoms with van der Waals surface area (Å²) in [6.45, 7) is 5.19. The Kier molecular flexibility index (Phi) is 9.37. The molecule has 1 fully saturated rings. The lowest BCUT2D eigenvalue weighted by Gasteiger charge is -2.34. The van der Waals surface area contributed by atoms with Gasteiger partial charge in [-0.3, -0.25) is 13.9 Å². The van der Waals surface area contributed by atoms with Gasteiger partial charge in [0.2, 0.25) is 28.6 Å². The number of ether oxygens (including phenoxy) is 2. The Morgan fingerprint density at radius 1 is 1.03 bits per heavy atom. The molecule has 1 heterocycles. The first-order valence-electron chi connectivity index (χ1n) is 13.8. The predicted octanol–water partition coefficient (Wildman–Crippen LogP) is 4.14. The molecule has 0 aromatic heterocycles. The molecule has 1 aliphatic heterocycles. The van der Waals surface area contributed by atoms with E-state index in [1.807, 2.05) is 38.1 Å². The molecule has 0 spiro atoms. The Labute approximate surface area is 231 Å². The maximum atomic E-state index is 14.0. The van der Waals surface area contributed by atoms with Crippen LogP contribution >= 0.6 is 0 Å². The summed E-state index contributed by atoms with van der Waals surface area (Å²) in [5, 5.41) is 3.16. The Balaban J connectivity index is 1.64. The quantitative estimate of drug-likeness (QED) is 0.445.